The molecule has 312 valence electrons. The van der Waals surface area contributed by atoms with Crippen LogP contribution in [0.1, 0.15) is 95.6 Å². The van der Waals surface area contributed by atoms with Crippen LogP contribution in [-0.2, 0) is 0 Å². The predicted molar refractivity (Wildman–Crippen MR) is 249 cm³/mol. The summed E-state index contributed by atoms with van der Waals surface area (Å²) in [7, 11) is 1.70. The zero-order valence-electron chi connectivity index (χ0n) is 36.1. The molecule has 0 aliphatic carbocycles. The standard InChI is InChI=1S/C33H44O2.C19H16O2.C2H6O/c1-4-5-6-7-8-9-10-11-12-13-14-25-35-33-24-21-31(26-27(33)2)30-17-15-28(16-18-30)29-19-22-32(34-3)23-20-29;1-13-12-17(8-11-19(13)21)16-4-2-14(3-5-16)15-6-9-18(20)10-7-15;1-2-3/h15-24,26H,4-14,25H2,1-3H3;2-12,20-21H,1H3;3H,2H2,1H3. The Kier molecular flexibility index (Phi) is 20.2. The molecule has 0 fully saturated rings. The minimum absolute atomic E-state index is 0.250. The van der Waals surface area contributed by atoms with Crippen LogP contribution in [0.4, 0.5) is 0 Å². The second kappa shape index (κ2) is 25.8. The molecule has 5 nitrogen and oxygen atoms in total. The number of unbranched alkanes of at least 4 members (excludes halogenated alkanes) is 10. The summed E-state index contributed by atoms with van der Waals surface area (Å²) in [6.45, 7) is 9.06. The molecule has 6 aromatic carbocycles. The molecule has 59 heavy (non-hydrogen) atoms. The summed E-state index contributed by atoms with van der Waals surface area (Å²) in [5.41, 5.74) is 11.3. The Morgan fingerprint density at radius 1 is 0.424 bits per heavy atom. The fourth-order valence-electron chi connectivity index (χ4n) is 6.92. The number of hydrogen-bond acceptors (Lipinski definition) is 5. The van der Waals surface area contributed by atoms with Gasteiger partial charge >= 0.3 is 0 Å². The van der Waals surface area contributed by atoms with Crippen LogP contribution in [0.15, 0.2) is 133 Å². The maximum Gasteiger partial charge on any atom is 0.122 e. The van der Waals surface area contributed by atoms with Crippen molar-refractivity contribution in [1.29, 1.82) is 0 Å². The molecule has 0 radical (unpaired) electrons. The minimum Gasteiger partial charge on any atom is -0.508 e. The largest absolute Gasteiger partial charge is 0.508 e. The normalized spacial score (nSPS) is 10.5. The molecule has 5 heteroatoms. The monoisotopic (exact) mass is 794 g/mol. The number of aliphatic hydroxyl groups excluding tert-OH is 1. The van der Waals surface area contributed by atoms with E-state index in [1.54, 1.807) is 32.2 Å². The van der Waals surface area contributed by atoms with Crippen LogP contribution in [0.25, 0.3) is 44.5 Å². The van der Waals surface area contributed by atoms with Crippen molar-refractivity contribution in [3.05, 3.63) is 145 Å². The van der Waals surface area contributed by atoms with Crippen molar-refractivity contribution in [2.45, 2.75) is 98.3 Å². The number of rotatable bonds is 18. The maximum absolute atomic E-state index is 9.59. The Balaban J connectivity index is 0.000000271. The van der Waals surface area contributed by atoms with E-state index in [1.807, 2.05) is 43.3 Å². The Morgan fingerprint density at radius 2 is 0.780 bits per heavy atom. The molecule has 0 bridgehead atoms. The number of ether oxygens (including phenoxy) is 2. The second-order valence-electron chi connectivity index (χ2n) is 15.1. The molecule has 6 rings (SSSR count). The molecule has 6 aromatic rings. The summed E-state index contributed by atoms with van der Waals surface area (Å²) in [6.07, 6.45) is 14.9. The van der Waals surface area contributed by atoms with E-state index in [9.17, 15) is 10.2 Å². The van der Waals surface area contributed by atoms with E-state index >= 15 is 0 Å². The number of methoxy groups -OCH3 is 1. The number of aromatic hydroxyl groups is 2. The fraction of sp³-hybridized carbons (Fsp3) is 0.333. The van der Waals surface area contributed by atoms with Crippen molar-refractivity contribution in [3.63, 3.8) is 0 Å². The average Bonchev–Trinajstić information content (AvgIpc) is 3.26. The van der Waals surface area contributed by atoms with E-state index in [2.05, 4.69) is 92.7 Å². The molecule has 0 amide bonds. The zero-order chi connectivity index (χ0) is 42.2. The van der Waals surface area contributed by atoms with E-state index < -0.39 is 0 Å². The Bertz CT molecular complexity index is 2050. The number of aryl methyl sites for hydroxylation is 2. The van der Waals surface area contributed by atoms with E-state index in [0.717, 1.165) is 52.3 Å². The third-order valence-corrected chi connectivity index (χ3v) is 10.4. The second-order valence-corrected chi connectivity index (χ2v) is 15.1. The van der Waals surface area contributed by atoms with E-state index in [0.29, 0.717) is 5.75 Å². The van der Waals surface area contributed by atoms with Gasteiger partial charge in [-0.1, -0.05) is 156 Å². The molecule has 0 heterocycles. The van der Waals surface area contributed by atoms with Gasteiger partial charge in [0.05, 0.1) is 13.7 Å². The molecular formula is C54H66O5. The smallest absolute Gasteiger partial charge is 0.122 e. The molecule has 0 unspecified atom stereocenters. The number of phenolic OH excluding ortho intramolecular Hbond substituents is 2. The average molecular weight is 795 g/mol. The molecule has 0 aliphatic heterocycles. The van der Waals surface area contributed by atoms with Gasteiger partial charge in [0.25, 0.3) is 0 Å². The first-order chi connectivity index (χ1) is 28.8. The van der Waals surface area contributed by atoms with Crippen LogP contribution in [0, 0.1) is 13.8 Å². The van der Waals surface area contributed by atoms with Gasteiger partial charge in [-0.05, 0) is 131 Å². The summed E-state index contributed by atoms with van der Waals surface area (Å²) in [5.74, 6) is 2.48. The first-order valence-corrected chi connectivity index (χ1v) is 21.5. The number of benzene rings is 6. The Labute approximate surface area is 354 Å². The van der Waals surface area contributed by atoms with Crippen molar-refractivity contribution in [3.8, 4) is 67.5 Å². The van der Waals surface area contributed by atoms with Gasteiger partial charge in [0.15, 0.2) is 0 Å². The Hall–Kier alpha value is -5.52. The van der Waals surface area contributed by atoms with Crippen LogP contribution in [0.2, 0.25) is 0 Å². The number of hydrogen-bond donors (Lipinski definition) is 3. The quantitative estimate of drug-likeness (QED) is 0.0755. The SMILES string of the molecule is CCCCCCCCCCCCCOc1ccc(-c2ccc(-c3ccc(OC)cc3)cc2)cc1C.CCO.Cc1cc(-c2ccc(-c3ccc(O)cc3)cc2)ccc1O. The fourth-order valence-corrected chi connectivity index (χ4v) is 6.92. The van der Waals surface area contributed by atoms with Crippen LogP contribution < -0.4 is 9.47 Å². The van der Waals surface area contributed by atoms with Crippen LogP contribution in [0.3, 0.4) is 0 Å². The summed E-state index contributed by atoms with van der Waals surface area (Å²) in [6, 6.07) is 44.5. The molecule has 3 N–H and O–H groups in total. The van der Waals surface area contributed by atoms with Crippen molar-refractivity contribution >= 4 is 0 Å². The number of phenols is 2. The van der Waals surface area contributed by atoms with Crippen LogP contribution in [-0.4, -0.2) is 35.6 Å². The Morgan fingerprint density at radius 3 is 1.20 bits per heavy atom. The highest BCUT2D eigenvalue weighted by Crippen LogP contribution is 2.31. The first kappa shape index (κ1) is 46.2. The highest BCUT2D eigenvalue weighted by molar-refractivity contribution is 5.73. The van der Waals surface area contributed by atoms with Gasteiger partial charge in [-0.3, -0.25) is 0 Å². The molecule has 0 saturated heterocycles. The van der Waals surface area contributed by atoms with Gasteiger partial charge in [-0.25, -0.2) is 0 Å². The molecule has 0 atom stereocenters. The van der Waals surface area contributed by atoms with E-state index in [-0.39, 0.29) is 12.4 Å². The van der Waals surface area contributed by atoms with Crippen molar-refractivity contribution in [2.75, 3.05) is 20.3 Å². The lowest BCUT2D eigenvalue weighted by molar-refractivity contribution is 0.302. The topological polar surface area (TPSA) is 79.2 Å². The van der Waals surface area contributed by atoms with Crippen LogP contribution >= 0.6 is 0 Å². The van der Waals surface area contributed by atoms with Gasteiger partial charge < -0.3 is 24.8 Å². The molecule has 0 spiro atoms. The van der Waals surface area contributed by atoms with Gasteiger partial charge in [0, 0.05) is 6.61 Å². The van der Waals surface area contributed by atoms with Crippen molar-refractivity contribution < 1.29 is 24.8 Å². The van der Waals surface area contributed by atoms with Gasteiger partial charge in [0.1, 0.15) is 23.0 Å². The molecule has 0 aliphatic rings. The summed E-state index contributed by atoms with van der Waals surface area (Å²) >= 11 is 0. The number of aliphatic hydroxyl groups is 1. The summed E-state index contributed by atoms with van der Waals surface area (Å²) in [4.78, 5) is 0. The van der Waals surface area contributed by atoms with Crippen LogP contribution in [0.5, 0.6) is 23.0 Å². The molecular weight excluding hydrogens is 729 g/mol. The lowest BCUT2D eigenvalue weighted by atomic mass is 9.99. The zero-order valence-corrected chi connectivity index (χ0v) is 36.1. The third-order valence-electron chi connectivity index (χ3n) is 10.4. The predicted octanol–water partition coefficient (Wildman–Crippen LogP) is 14.8. The highest BCUT2D eigenvalue weighted by atomic mass is 16.5. The van der Waals surface area contributed by atoms with E-state index in [1.165, 1.54) is 92.0 Å². The van der Waals surface area contributed by atoms with Crippen molar-refractivity contribution in [2.24, 2.45) is 0 Å². The summed E-state index contributed by atoms with van der Waals surface area (Å²) in [5, 5.41) is 26.5. The molecule has 0 aromatic heterocycles. The lowest BCUT2D eigenvalue weighted by Gasteiger charge is -2.11. The van der Waals surface area contributed by atoms with E-state index in [4.69, 9.17) is 14.6 Å². The lowest BCUT2D eigenvalue weighted by Crippen LogP contribution is -1.99. The minimum atomic E-state index is 0.250. The highest BCUT2D eigenvalue weighted by Gasteiger charge is 2.06. The summed E-state index contributed by atoms with van der Waals surface area (Å²) < 4.78 is 11.4. The van der Waals surface area contributed by atoms with Crippen molar-refractivity contribution in [1.82, 2.24) is 0 Å². The van der Waals surface area contributed by atoms with Gasteiger partial charge in [-0.2, -0.15) is 0 Å². The molecule has 0 saturated carbocycles. The third kappa shape index (κ3) is 15.6. The van der Waals surface area contributed by atoms with Gasteiger partial charge in [0.2, 0.25) is 0 Å². The first-order valence-electron chi connectivity index (χ1n) is 21.5. The van der Waals surface area contributed by atoms with Gasteiger partial charge in [-0.15, -0.1) is 0 Å². The maximum atomic E-state index is 9.59.